The Bertz CT molecular complexity index is 539. The van der Waals surface area contributed by atoms with Gasteiger partial charge in [-0.3, -0.25) is 4.98 Å². The Morgan fingerprint density at radius 3 is 2.47 bits per heavy atom. The number of pyridine rings is 1. The number of carbonyl (C=O) groups excluding carboxylic acids is 1. The summed E-state index contributed by atoms with van der Waals surface area (Å²) in [5.74, 6) is 0. The molecule has 0 bridgehead atoms. The van der Waals surface area contributed by atoms with Gasteiger partial charge in [-0.1, -0.05) is 0 Å². The van der Waals surface area contributed by atoms with Crippen LogP contribution < -0.4 is 11.1 Å². The molecule has 0 saturated heterocycles. The molecule has 19 heavy (non-hydrogen) atoms. The minimum Gasteiger partial charge on any atom is -0.399 e. The first-order chi connectivity index (χ1) is 9.15. The van der Waals surface area contributed by atoms with Crippen LogP contribution in [-0.2, 0) is 6.54 Å². The van der Waals surface area contributed by atoms with Gasteiger partial charge in [-0.25, -0.2) is 4.79 Å². The zero-order valence-electron chi connectivity index (χ0n) is 10.7. The second-order valence-electron chi connectivity index (χ2n) is 4.26. The first kappa shape index (κ1) is 12.9. The molecule has 0 saturated carbocycles. The summed E-state index contributed by atoms with van der Waals surface area (Å²) in [7, 11) is 1.74. The molecule has 98 valence electrons. The van der Waals surface area contributed by atoms with E-state index in [1.807, 2.05) is 12.1 Å². The first-order valence-electron chi connectivity index (χ1n) is 5.92. The van der Waals surface area contributed by atoms with Crippen LogP contribution in [0.25, 0.3) is 0 Å². The number of nitrogen functional groups attached to an aromatic ring is 1. The molecule has 0 unspecified atom stereocenters. The van der Waals surface area contributed by atoms with Crippen molar-refractivity contribution in [1.82, 2.24) is 9.88 Å². The molecule has 0 aliphatic heterocycles. The van der Waals surface area contributed by atoms with Gasteiger partial charge in [0.15, 0.2) is 0 Å². The molecule has 5 nitrogen and oxygen atoms in total. The van der Waals surface area contributed by atoms with Gasteiger partial charge in [-0.05, 0) is 42.0 Å². The van der Waals surface area contributed by atoms with Crippen LogP contribution in [0.3, 0.4) is 0 Å². The molecule has 0 atom stereocenters. The highest BCUT2D eigenvalue weighted by atomic mass is 16.2. The van der Waals surface area contributed by atoms with Crippen LogP contribution in [0, 0.1) is 0 Å². The van der Waals surface area contributed by atoms with Gasteiger partial charge in [-0.2, -0.15) is 0 Å². The maximum Gasteiger partial charge on any atom is 0.321 e. The van der Waals surface area contributed by atoms with E-state index in [2.05, 4.69) is 10.3 Å². The van der Waals surface area contributed by atoms with E-state index in [0.717, 1.165) is 11.3 Å². The molecule has 0 fully saturated rings. The van der Waals surface area contributed by atoms with Gasteiger partial charge in [0.2, 0.25) is 0 Å². The number of nitrogens with one attached hydrogen (secondary N) is 1. The zero-order chi connectivity index (χ0) is 13.7. The fourth-order valence-electron chi connectivity index (χ4n) is 1.62. The molecule has 1 aromatic heterocycles. The third-order valence-electron chi connectivity index (χ3n) is 2.68. The van der Waals surface area contributed by atoms with Crippen molar-refractivity contribution in [3.63, 3.8) is 0 Å². The normalized spacial score (nSPS) is 9.95. The molecule has 2 aromatic rings. The first-order valence-corrected chi connectivity index (χ1v) is 5.92. The minimum atomic E-state index is -0.165. The molecule has 0 aliphatic rings. The standard InChI is InChI=1S/C14H16N4O/c1-18(10-11-6-8-16-9-7-11)14(19)17-13-4-2-12(15)3-5-13/h2-9H,10,15H2,1H3,(H,17,19). The van der Waals surface area contributed by atoms with Crippen molar-refractivity contribution in [2.75, 3.05) is 18.1 Å². The summed E-state index contributed by atoms with van der Waals surface area (Å²) < 4.78 is 0. The molecular weight excluding hydrogens is 240 g/mol. The summed E-state index contributed by atoms with van der Waals surface area (Å²) in [5, 5.41) is 2.80. The molecule has 0 radical (unpaired) electrons. The molecule has 5 heteroatoms. The quantitative estimate of drug-likeness (QED) is 0.828. The van der Waals surface area contributed by atoms with E-state index in [9.17, 15) is 4.79 Å². The Morgan fingerprint density at radius 1 is 1.21 bits per heavy atom. The Kier molecular flexibility index (Phi) is 3.97. The molecule has 1 heterocycles. The molecule has 0 spiro atoms. The number of anilines is 2. The second-order valence-corrected chi connectivity index (χ2v) is 4.26. The van der Waals surface area contributed by atoms with Crippen LogP contribution in [0.5, 0.6) is 0 Å². The van der Waals surface area contributed by atoms with Crippen LogP contribution in [0.15, 0.2) is 48.8 Å². The summed E-state index contributed by atoms with van der Waals surface area (Å²) in [5.41, 5.74) is 8.02. The third-order valence-corrected chi connectivity index (χ3v) is 2.68. The van der Waals surface area contributed by atoms with E-state index in [0.29, 0.717) is 12.2 Å². The Morgan fingerprint density at radius 2 is 1.84 bits per heavy atom. The van der Waals surface area contributed by atoms with Crippen LogP contribution in [0.4, 0.5) is 16.2 Å². The number of amides is 2. The summed E-state index contributed by atoms with van der Waals surface area (Å²) in [6.45, 7) is 0.531. The van der Waals surface area contributed by atoms with E-state index in [1.165, 1.54) is 0 Å². The number of nitrogens with zero attached hydrogens (tertiary/aromatic N) is 2. The van der Waals surface area contributed by atoms with Crippen LogP contribution in [0.1, 0.15) is 5.56 Å². The number of rotatable bonds is 3. The lowest BCUT2D eigenvalue weighted by molar-refractivity contribution is 0.220. The van der Waals surface area contributed by atoms with E-state index in [4.69, 9.17) is 5.73 Å². The molecule has 1 aromatic carbocycles. The fraction of sp³-hybridized carbons (Fsp3) is 0.143. The van der Waals surface area contributed by atoms with Crippen molar-refractivity contribution in [2.24, 2.45) is 0 Å². The summed E-state index contributed by atoms with van der Waals surface area (Å²) >= 11 is 0. The smallest absolute Gasteiger partial charge is 0.321 e. The van der Waals surface area contributed by atoms with Crippen molar-refractivity contribution in [3.8, 4) is 0 Å². The highest BCUT2D eigenvalue weighted by Crippen LogP contribution is 2.11. The van der Waals surface area contributed by atoms with Crippen molar-refractivity contribution < 1.29 is 4.79 Å². The zero-order valence-corrected chi connectivity index (χ0v) is 10.7. The number of hydrogen-bond donors (Lipinski definition) is 2. The highest BCUT2D eigenvalue weighted by Gasteiger charge is 2.08. The van der Waals surface area contributed by atoms with Crippen molar-refractivity contribution >= 4 is 17.4 Å². The van der Waals surface area contributed by atoms with Crippen LogP contribution in [-0.4, -0.2) is 23.0 Å². The van der Waals surface area contributed by atoms with Crippen molar-refractivity contribution in [2.45, 2.75) is 6.54 Å². The largest absolute Gasteiger partial charge is 0.399 e. The van der Waals surface area contributed by atoms with Crippen LogP contribution in [0.2, 0.25) is 0 Å². The van der Waals surface area contributed by atoms with Crippen LogP contribution >= 0.6 is 0 Å². The Labute approximate surface area is 112 Å². The molecule has 2 amide bonds. The molecule has 0 aliphatic carbocycles. The van der Waals surface area contributed by atoms with Crippen molar-refractivity contribution in [3.05, 3.63) is 54.4 Å². The van der Waals surface area contributed by atoms with Gasteiger partial charge in [0, 0.05) is 37.4 Å². The monoisotopic (exact) mass is 256 g/mol. The van der Waals surface area contributed by atoms with Crippen molar-refractivity contribution in [1.29, 1.82) is 0 Å². The van der Waals surface area contributed by atoms with Gasteiger partial charge < -0.3 is 16.0 Å². The van der Waals surface area contributed by atoms with Gasteiger partial charge in [-0.15, -0.1) is 0 Å². The van der Waals surface area contributed by atoms with E-state index in [1.54, 1.807) is 48.6 Å². The van der Waals surface area contributed by atoms with Gasteiger partial charge in [0.25, 0.3) is 0 Å². The molecular formula is C14H16N4O. The maximum atomic E-state index is 12.0. The average Bonchev–Trinajstić information content (AvgIpc) is 2.42. The predicted molar refractivity (Wildman–Crippen MR) is 75.6 cm³/mol. The number of aromatic nitrogens is 1. The third kappa shape index (κ3) is 3.70. The number of benzene rings is 1. The van der Waals surface area contributed by atoms with E-state index >= 15 is 0 Å². The van der Waals surface area contributed by atoms with Gasteiger partial charge in [0.05, 0.1) is 0 Å². The number of nitrogens with two attached hydrogens (primary N) is 1. The Hall–Kier alpha value is -2.56. The average molecular weight is 256 g/mol. The summed E-state index contributed by atoms with van der Waals surface area (Å²) in [6.07, 6.45) is 3.42. The summed E-state index contributed by atoms with van der Waals surface area (Å²) in [4.78, 5) is 17.5. The molecule has 3 N–H and O–H groups in total. The number of carbonyl (C=O) groups is 1. The Balaban J connectivity index is 1.94. The minimum absolute atomic E-state index is 0.165. The number of urea groups is 1. The SMILES string of the molecule is CN(Cc1ccncc1)C(=O)Nc1ccc(N)cc1. The molecule has 2 rings (SSSR count). The second kappa shape index (κ2) is 5.86. The van der Waals surface area contributed by atoms with Gasteiger partial charge in [0.1, 0.15) is 0 Å². The fourth-order valence-corrected chi connectivity index (χ4v) is 1.62. The van der Waals surface area contributed by atoms with Gasteiger partial charge >= 0.3 is 6.03 Å². The van der Waals surface area contributed by atoms with E-state index < -0.39 is 0 Å². The lowest BCUT2D eigenvalue weighted by atomic mass is 10.2. The highest BCUT2D eigenvalue weighted by molar-refractivity contribution is 5.89. The lowest BCUT2D eigenvalue weighted by Gasteiger charge is -2.18. The lowest BCUT2D eigenvalue weighted by Crippen LogP contribution is -2.30. The topological polar surface area (TPSA) is 71.2 Å². The maximum absolute atomic E-state index is 12.0. The van der Waals surface area contributed by atoms with E-state index in [-0.39, 0.29) is 6.03 Å². The predicted octanol–water partition coefficient (Wildman–Crippen LogP) is 2.33. The summed E-state index contributed by atoms with van der Waals surface area (Å²) in [6, 6.07) is 10.6. The number of hydrogen-bond acceptors (Lipinski definition) is 3.